The zero-order valence-corrected chi connectivity index (χ0v) is 19.6. The number of sulfonamides is 1. The quantitative estimate of drug-likeness (QED) is 0.208. The molecule has 1 aromatic heterocycles. The SMILES string of the molecule is COC(=O)Cc1ccc(S(=O)(=O)NCCNc2nc(Nc3ccc(F)cc3)cc(C(F)(F)F)n2)cc1. The summed E-state index contributed by atoms with van der Waals surface area (Å²) in [6.07, 6.45) is -4.77. The molecule has 3 N–H and O–H groups in total. The van der Waals surface area contributed by atoms with E-state index in [1.807, 2.05) is 0 Å². The van der Waals surface area contributed by atoms with Crippen molar-refractivity contribution in [1.82, 2.24) is 14.7 Å². The number of nitrogens with one attached hydrogen (secondary N) is 3. The third kappa shape index (κ3) is 7.61. The van der Waals surface area contributed by atoms with Crippen molar-refractivity contribution in [3.05, 3.63) is 71.7 Å². The molecule has 0 amide bonds. The van der Waals surface area contributed by atoms with Crippen LogP contribution in [0.15, 0.2) is 59.5 Å². The molecule has 0 bridgehead atoms. The third-order valence-electron chi connectivity index (χ3n) is 4.64. The highest BCUT2D eigenvalue weighted by Crippen LogP contribution is 2.30. The first-order valence-corrected chi connectivity index (χ1v) is 11.8. The second-order valence-corrected chi connectivity index (χ2v) is 9.08. The number of hydrogen-bond acceptors (Lipinski definition) is 8. The van der Waals surface area contributed by atoms with Crippen LogP contribution in [0.25, 0.3) is 0 Å². The zero-order chi connectivity index (χ0) is 26.3. The Morgan fingerprint density at radius 3 is 2.28 bits per heavy atom. The van der Waals surface area contributed by atoms with Gasteiger partial charge in [0.05, 0.1) is 18.4 Å². The van der Waals surface area contributed by atoms with Crippen LogP contribution < -0.4 is 15.4 Å². The summed E-state index contributed by atoms with van der Waals surface area (Å²) < 4.78 is 84.7. The number of carbonyl (C=O) groups is 1. The summed E-state index contributed by atoms with van der Waals surface area (Å²) in [7, 11) is -2.68. The predicted molar refractivity (Wildman–Crippen MR) is 123 cm³/mol. The van der Waals surface area contributed by atoms with Crippen molar-refractivity contribution in [2.45, 2.75) is 17.5 Å². The Hall–Kier alpha value is -3.78. The molecule has 0 unspecified atom stereocenters. The van der Waals surface area contributed by atoms with E-state index in [0.717, 1.165) is 12.1 Å². The van der Waals surface area contributed by atoms with E-state index in [-0.39, 0.29) is 36.2 Å². The van der Waals surface area contributed by atoms with Crippen molar-refractivity contribution < 1.29 is 35.5 Å². The standard InChI is InChI=1S/C22H21F4N5O4S/c1-35-20(32)12-14-2-8-17(9-3-14)36(33,34)28-11-10-27-21-30-18(22(24,25)26)13-19(31-21)29-16-6-4-15(23)5-7-16/h2-9,13,28H,10-12H2,1H3,(H2,27,29,30,31). The van der Waals surface area contributed by atoms with E-state index >= 15 is 0 Å². The minimum absolute atomic E-state index is 0.0107. The summed E-state index contributed by atoms with van der Waals surface area (Å²) in [4.78, 5) is 18.6. The minimum Gasteiger partial charge on any atom is -0.469 e. The van der Waals surface area contributed by atoms with Gasteiger partial charge in [-0.1, -0.05) is 12.1 Å². The number of benzene rings is 2. The predicted octanol–water partition coefficient (Wildman–Crippen LogP) is 3.48. The summed E-state index contributed by atoms with van der Waals surface area (Å²) in [5, 5.41) is 5.20. The van der Waals surface area contributed by atoms with Gasteiger partial charge < -0.3 is 15.4 Å². The van der Waals surface area contributed by atoms with E-state index < -0.39 is 33.7 Å². The molecule has 0 spiro atoms. The van der Waals surface area contributed by atoms with Gasteiger partial charge in [0.15, 0.2) is 5.69 Å². The summed E-state index contributed by atoms with van der Waals surface area (Å²) in [6.45, 7) is -0.316. The van der Waals surface area contributed by atoms with Crippen LogP contribution in [-0.4, -0.2) is 44.6 Å². The maximum Gasteiger partial charge on any atom is 0.433 e. The lowest BCUT2D eigenvalue weighted by Gasteiger charge is -2.13. The third-order valence-corrected chi connectivity index (χ3v) is 6.12. The topological polar surface area (TPSA) is 122 Å². The van der Waals surface area contributed by atoms with Gasteiger partial charge in [0, 0.05) is 24.8 Å². The van der Waals surface area contributed by atoms with Crippen LogP contribution in [0.2, 0.25) is 0 Å². The summed E-state index contributed by atoms with van der Waals surface area (Å²) in [5.74, 6) is -1.57. The molecule has 9 nitrogen and oxygen atoms in total. The Balaban J connectivity index is 1.63. The van der Waals surface area contributed by atoms with Gasteiger partial charge in [-0.25, -0.2) is 22.5 Å². The molecule has 0 saturated heterocycles. The van der Waals surface area contributed by atoms with E-state index in [9.17, 15) is 30.8 Å². The van der Waals surface area contributed by atoms with Crippen LogP contribution in [0.1, 0.15) is 11.3 Å². The van der Waals surface area contributed by atoms with Crippen molar-refractivity contribution >= 4 is 33.4 Å². The first-order chi connectivity index (χ1) is 17.0. The van der Waals surface area contributed by atoms with E-state index in [2.05, 4.69) is 30.1 Å². The summed E-state index contributed by atoms with van der Waals surface area (Å²) in [6, 6.07) is 11.2. The average molecular weight is 528 g/mol. The van der Waals surface area contributed by atoms with Crippen molar-refractivity contribution in [3.63, 3.8) is 0 Å². The molecular weight excluding hydrogens is 506 g/mol. The largest absolute Gasteiger partial charge is 0.469 e. The van der Waals surface area contributed by atoms with Gasteiger partial charge in [0.1, 0.15) is 11.6 Å². The van der Waals surface area contributed by atoms with Crippen LogP contribution in [0.3, 0.4) is 0 Å². The van der Waals surface area contributed by atoms with E-state index in [1.54, 1.807) is 0 Å². The molecule has 0 fully saturated rings. The monoisotopic (exact) mass is 527 g/mol. The molecule has 0 aliphatic carbocycles. The minimum atomic E-state index is -4.76. The molecule has 2 aromatic carbocycles. The van der Waals surface area contributed by atoms with Crippen molar-refractivity contribution in [3.8, 4) is 0 Å². The Morgan fingerprint density at radius 1 is 1.00 bits per heavy atom. The van der Waals surface area contributed by atoms with E-state index in [4.69, 9.17) is 0 Å². The van der Waals surface area contributed by atoms with Crippen molar-refractivity contribution in [2.75, 3.05) is 30.8 Å². The van der Waals surface area contributed by atoms with Crippen molar-refractivity contribution in [2.24, 2.45) is 0 Å². The highest BCUT2D eigenvalue weighted by Gasteiger charge is 2.33. The Kier molecular flexibility index (Phi) is 8.42. The molecule has 3 rings (SSSR count). The molecule has 0 atom stereocenters. The molecule has 0 radical (unpaired) electrons. The molecule has 0 aliphatic rings. The Labute approximate surface area is 204 Å². The van der Waals surface area contributed by atoms with Crippen LogP contribution in [0, 0.1) is 5.82 Å². The second kappa shape index (κ2) is 11.3. The number of esters is 1. The lowest BCUT2D eigenvalue weighted by molar-refractivity contribution is -0.141. The molecule has 0 saturated carbocycles. The Bertz CT molecular complexity index is 1300. The fourth-order valence-electron chi connectivity index (χ4n) is 2.88. The number of carbonyl (C=O) groups excluding carboxylic acids is 1. The van der Waals surface area contributed by atoms with Gasteiger partial charge in [-0.2, -0.15) is 18.2 Å². The molecule has 36 heavy (non-hydrogen) atoms. The van der Waals surface area contributed by atoms with Crippen LogP contribution in [0.4, 0.5) is 35.0 Å². The van der Waals surface area contributed by atoms with Crippen LogP contribution in [-0.2, 0) is 32.2 Å². The number of alkyl halides is 3. The van der Waals surface area contributed by atoms with Gasteiger partial charge in [-0.15, -0.1) is 0 Å². The molecule has 3 aromatic rings. The van der Waals surface area contributed by atoms with Crippen LogP contribution >= 0.6 is 0 Å². The van der Waals surface area contributed by atoms with Crippen molar-refractivity contribution in [1.29, 1.82) is 0 Å². The number of aromatic nitrogens is 2. The highest BCUT2D eigenvalue weighted by atomic mass is 32.2. The molecular formula is C22H21F4N5O4S. The normalized spacial score (nSPS) is 11.7. The number of halogens is 4. The lowest BCUT2D eigenvalue weighted by Crippen LogP contribution is -2.29. The number of methoxy groups -OCH3 is 1. The maximum absolute atomic E-state index is 13.3. The second-order valence-electron chi connectivity index (χ2n) is 7.31. The van der Waals surface area contributed by atoms with Gasteiger partial charge in [-0.3, -0.25) is 4.79 Å². The smallest absolute Gasteiger partial charge is 0.433 e. The fraction of sp³-hybridized carbons (Fsp3) is 0.227. The van der Waals surface area contributed by atoms with Gasteiger partial charge in [-0.05, 0) is 42.0 Å². The number of anilines is 3. The first-order valence-electron chi connectivity index (χ1n) is 10.3. The lowest BCUT2D eigenvalue weighted by atomic mass is 10.2. The van der Waals surface area contributed by atoms with Crippen LogP contribution in [0.5, 0.6) is 0 Å². The fourth-order valence-corrected chi connectivity index (χ4v) is 3.92. The van der Waals surface area contributed by atoms with Gasteiger partial charge >= 0.3 is 12.1 Å². The summed E-state index contributed by atoms with van der Waals surface area (Å²) in [5.41, 5.74) is -0.356. The zero-order valence-electron chi connectivity index (χ0n) is 18.8. The molecule has 192 valence electrons. The van der Waals surface area contributed by atoms with Gasteiger partial charge in [0.2, 0.25) is 16.0 Å². The number of hydrogen-bond donors (Lipinski definition) is 3. The van der Waals surface area contributed by atoms with Gasteiger partial charge in [0.25, 0.3) is 0 Å². The number of nitrogens with zero attached hydrogens (tertiary/aromatic N) is 2. The first kappa shape index (κ1) is 26.8. The highest BCUT2D eigenvalue weighted by molar-refractivity contribution is 7.89. The maximum atomic E-state index is 13.3. The average Bonchev–Trinajstić information content (AvgIpc) is 2.83. The molecule has 0 aliphatic heterocycles. The molecule has 14 heteroatoms. The summed E-state index contributed by atoms with van der Waals surface area (Å²) >= 11 is 0. The number of ether oxygens (including phenoxy) is 1. The van der Waals surface area contributed by atoms with E-state index in [1.165, 1.54) is 43.5 Å². The number of rotatable bonds is 10. The Morgan fingerprint density at radius 2 is 1.67 bits per heavy atom. The molecule has 1 heterocycles. The van der Waals surface area contributed by atoms with E-state index in [0.29, 0.717) is 17.3 Å².